The SMILES string of the molecule is CC(C)(Cc1ccc(O)cc1)C(=O)[N+](=O)[O-]. The molecule has 0 atom stereocenters. The van der Waals surface area contributed by atoms with E-state index in [1.165, 1.54) is 26.0 Å². The van der Waals surface area contributed by atoms with Crippen LogP contribution in [-0.2, 0) is 11.2 Å². The molecule has 0 bridgehead atoms. The molecule has 0 heterocycles. The van der Waals surface area contributed by atoms with Crippen molar-refractivity contribution in [2.75, 3.05) is 0 Å². The zero-order chi connectivity index (χ0) is 12.3. The predicted molar refractivity (Wildman–Crippen MR) is 57.6 cm³/mol. The summed E-state index contributed by atoms with van der Waals surface area (Å²) >= 11 is 0. The highest BCUT2D eigenvalue weighted by Crippen LogP contribution is 2.24. The Balaban J connectivity index is 2.84. The van der Waals surface area contributed by atoms with Crippen molar-refractivity contribution < 1.29 is 14.8 Å². The minimum atomic E-state index is -1.04. The van der Waals surface area contributed by atoms with Gasteiger partial charge < -0.3 is 5.11 Å². The Kier molecular flexibility index (Phi) is 3.27. The third-order valence-corrected chi connectivity index (χ3v) is 2.33. The molecule has 0 saturated heterocycles. The van der Waals surface area contributed by atoms with Crippen LogP contribution in [0.3, 0.4) is 0 Å². The maximum absolute atomic E-state index is 11.3. The topological polar surface area (TPSA) is 80.4 Å². The maximum atomic E-state index is 11.3. The van der Waals surface area contributed by atoms with E-state index in [4.69, 9.17) is 5.11 Å². The van der Waals surface area contributed by atoms with Gasteiger partial charge >= 0.3 is 5.91 Å². The number of amides is 1. The summed E-state index contributed by atoms with van der Waals surface area (Å²) in [6.07, 6.45) is 0.271. The van der Waals surface area contributed by atoms with Gasteiger partial charge in [0.05, 0.1) is 0 Å². The first-order valence-electron chi connectivity index (χ1n) is 4.79. The van der Waals surface area contributed by atoms with Crippen LogP contribution in [0.15, 0.2) is 24.3 Å². The molecule has 0 aromatic heterocycles. The Morgan fingerprint density at radius 2 is 1.88 bits per heavy atom. The van der Waals surface area contributed by atoms with Crippen molar-refractivity contribution in [1.29, 1.82) is 0 Å². The fourth-order valence-corrected chi connectivity index (χ4v) is 1.45. The molecule has 0 spiro atoms. The molecule has 0 radical (unpaired) electrons. The molecule has 0 aliphatic heterocycles. The Hall–Kier alpha value is -1.91. The largest absolute Gasteiger partial charge is 0.508 e. The Bertz CT molecular complexity index is 408. The second-order valence-electron chi connectivity index (χ2n) is 4.29. The van der Waals surface area contributed by atoms with E-state index in [-0.39, 0.29) is 12.2 Å². The quantitative estimate of drug-likeness (QED) is 0.625. The van der Waals surface area contributed by atoms with E-state index < -0.39 is 16.2 Å². The molecule has 1 N–H and O–H groups in total. The van der Waals surface area contributed by atoms with E-state index in [1.54, 1.807) is 12.1 Å². The smallest absolute Gasteiger partial charge is 0.450 e. The van der Waals surface area contributed by atoms with Gasteiger partial charge in [0.15, 0.2) is 0 Å². The number of rotatable bonds is 3. The Morgan fingerprint density at radius 3 is 2.31 bits per heavy atom. The van der Waals surface area contributed by atoms with Gasteiger partial charge in [0.2, 0.25) is 0 Å². The number of phenolic OH excluding ortho intramolecular Hbond substituents is 1. The van der Waals surface area contributed by atoms with Gasteiger partial charge in [-0.15, -0.1) is 0 Å². The highest BCUT2D eigenvalue weighted by atomic mass is 16.6. The summed E-state index contributed by atoms with van der Waals surface area (Å²) in [7, 11) is 0. The number of benzene rings is 1. The molecule has 0 saturated carbocycles. The monoisotopic (exact) mass is 223 g/mol. The Morgan fingerprint density at radius 1 is 1.38 bits per heavy atom. The summed E-state index contributed by atoms with van der Waals surface area (Å²) in [5, 5.41) is 19.5. The van der Waals surface area contributed by atoms with Crippen LogP contribution in [0, 0.1) is 15.5 Å². The first-order valence-corrected chi connectivity index (χ1v) is 4.79. The number of phenols is 1. The summed E-state index contributed by atoms with van der Waals surface area (Å²) in [6.45, 7) is 3.07. The van der Waals surface area contributed by atoms with Gasteiger partial charge in [0.1, 0.15) is 16.1 Å². The van der Waals surface area contributed by atoms with Gasteiger partial charge in [-0.1, -0.05) is 12.1 Å². The van der Waals surface area contributed by atoms with Crippen molar-refractivity contribution in [1.82, 2.24) is 0 Å². The Labute approximate surface area is 92.9 Å². The first kappa shape index (κ1) is 12.2. The van der Waals surface area contributed by atoms with Crippen LogP contribution in [0.4, 0.5) is 0 Å². The zero-order valence-corrected chi connectivity index (χ0v) is 9.14. The molecule has 1 amide bonds. The van der Waals surface area contributed by atoms with E-state index in [0.29, 0.717) is 0 Å². The van der Waals surface area contributed by atoms with Crippen LogP contribution in [0.5, 0.6) is 5.75 Å². The summed E-state index contributed by atoms with van der Waals surface area (Å²) in [6, 6.07) is 6.26. The van der Waals surface area contributed by atoms with Crippen LogP contribution in [0.25, 0.3) is 0 Å². The van der Waals surface area contributed by atoms with Crippen LogP contribution < -0.4 is 0 Å². The summed E-state index contributed by atoms with van der Waals surface area (Å²) in [5.41, 5.74) is -0.265. The number of carbonyl (C=O) groups is 1. The van der Waals surface area contributed by atoms with E-state index in [0.717, 1.165) is 5.56 Å². The standard InChI is InChI=1S/C11H13NO4/c1-11(2,10(14)12(15)16)7-8-3-5-9(13)6-4-8/h3-6,13H,7H2,1-2H3. The van der Waals surface area contributed by atoms with Crippen LogP contribution in [0.2, 0.25) is 0 Å². The average Bonchev–Trinajstić information content (AvgIpc) is 2.20. The van der Waals surface area contributed by atoms with Crippen molar-refractivity contribution in [2.24, 2.45) is 5.41 Å². The molecular weight excluding hydrogens is 210 g/mol. The molecule has 5 nitrogen and oxygen atoms in total. The van der Waals surface area contributed by atoms with Gasteiger partial charge in [0.25, 0.3) is 0 Å². The fraction of sp³-hybridized carbons (Fsp3) is 0.364. The lowest BCUT2D eigenvalue weighted by Gasteiger charge is -2.16. The van der Waals surface area contributed by atoms with E-state index in [1.807, 2.05) is 0 Å². The van der Waals surface area contributed by atoms with Gasteiger partial charge in [0, 0.05) is 0 Å². The molecule has 86 valence electrons. The number of nitro groups is 1. The summed E-state index contributed by atoms with van der Waals surface area (Å²) < 4.78 is 0. The fourth-order valence-electron chi connectivity index (χ4n) is 1.45. The van der Waals surface area contributed by atoms with Crippen LogP contribution in [0.1, 0.15) is 19.4 Å². The lowest BCUT2D eigenvalue weighted by atomic mass is 9.85. The number of carbonyl (C=O) groups excluding carboxylic acids is 1. The van der Waals surface area contributed by atoms with Gasteiger partial charge in [-0.25, -0.2) is 4.79 Å². The van der Waals surface area contributed by atoms with Crippen molar-refractivity contribution in [2.45, 2.75) is 20.3 Å². The van der Waals surface area contributed by atoms with E-state index in [2.05, 4.69) is 0 Å². The second kappa shape index (κ2) is 4.30. The molecule has 1 aromatic carbocycles. The second-order valence-corrected chi connectivity index (χ2v) is 4.29. The lowest BCUT2D eigenvalue weighted by Crippen LogP contribution is -2.32. The molecule has 0 aliphatic rings. The number of nitrogens with zero attached hydrogens (tertiary/aromatic N) is 1. The van der Waals surface area contributed by atoms with Gasteiger partial charge in [-0.2, -0.15) is 0 Å². The third kappa shape index (κ3) is 2.79. The van der Waals surface area contributed by atoms with E-state index in [9.17, 15) is 14.9 Å². The zero-order valence-electron chi connectivity index (χ0n) is 9.14. The van der Waals surface area contributed by atoms with Crippen molar-refractivity contribution in [3.05, 3.63) is 39.9 Å². The number of hydrogen-bond donors (Lipinski definition) is 1. The summed E-state index contributed by atoms with van der Waals surface area (Å²) in [5.74, 6) is -0.872. The van der Waals surface area contributed by atoms with Crippen molar-refractivity contribution in [3.63, 3.8) is 0 Å². The molecule has 0 aliphatic carbocycles. The summed E-state index contributed by atoms with van der Waals surface area (Å²) in [4.78, 5) is 20.8. The van der Waals surface area contributed by atoms with Crippen molar-refractivity contribution in [3.8, 4) is 5.75 Å². The average molecular weight is 223 g/mol. The molecule has 0 fully saturated rings. The number of aromatic hydroxyl groups is 1. The molecule has 1 rings (SSSR count). The predicted octanol–water partition coefficient (Wildman–Crippen LogP) is 1.76. The minimum absolute atomic E-state index is 0.127. The third-order valence-electron chi connectivity index (χ3n) is 2.33. The highest BCUT2D eigenvalue weighted by molar-refractivity contribution is 5.74. The molecular formula is C11H13NO4. The normalized spacial score (nSPS) is 11.1. The molecule has 16 heavy (non-hydrogen) atoms. The first-order chi connectivity index (χ1) is 7.33. The van der Waals surface area contributed by atoms with Gasteiger partial charge in [-0.3, -0.25) is 10.1 Å². The maximum Gasteiger partial charge on any atom is 0.450 e. The lowest BCUT2D eigenvalue weighted by molar-refractivity contribution is -0.411. The minimum Gasteiger partial charge on any atom is -0.508 e. The van der Waals surface area contributed by atoms with Crippen LogP contribution >= 0.6 is 0 Å². The van der Waals surface area contributed by atoms with Crippen molar-refractivity contribution >= 4 is 5.91 Å². The van der Waals surface area contributed by atoms with Gasteiger partial charge in [-0.05, 0) is 38.0 Å². The molecule has 5 heteroatoms. The van der Waals surface area contributed by atoms with Crippen LogP contribution in [-0.4, -0.2) is 15.9 Å². The number of hydrogen-bond acceptors (Lipinski definition) is 4. The molecule has 1 aromatic rings. The van der Waals surface area contributed by atoms with E-state index >= 15 is 0 Å². The molecule has 0 unspecified atom stereocenters. The highest BCUT2D eigenvalue weighted by Gasteiger charge is 2.37.